The molecule has 0 radical (unpaired) electrons. The Balaban J connectivity index is 4.47. The van der Waals surface area contributed by atoms with Crippen LogP contribution >= 0.6 is 0 Å². The predicted molar refractivity (Wildman–Crippen MR) is 58.4 cm³/mol. The summed E-state index contributed by atoms with van der Waals surface area (Å²) >= 11 is 0. The van der Waals surface area contributed by atoms with Crippen LogP contribution in [0.25, 0.3) is 0 Å². The van der Waals surface area contributed by atoms with Gasteiger partial charge in [0.15, 0.2) is 0 Å². The number of hydrogen-bond donors (Lipinski definition) is 2. The van der Waals surface area contributed by atoms with Crippen molar-refractivity contribution in [3.8, 4) is 0 Å². The molecule has 0 aliphatic rings. The lowest BCUT2D eigenvalue weighted by molar-refractivity contribution is -0.145. The Morgan fingerprint density at radius 3 is 2.21 bits per heavy atom. The Bertz CT molecular complexity index is 192. The number of carboxylic acids is 1. The summed E-state index contributed by atoms with van der Waals surface area (Å²) in [7, 11) is 0. The Kier molecular flexibility index (Phi) is 5.13. The third-order valence-electron chi connectivity index (χ3n) is 2.47. The van der Waals surface area contributed by atoms with E-state index in [0.29, 0.717) is 12.3 Å². The Hall–Kier alpha value is -0.570. The minimum absolute atomic E-state index is 0.245. The van der Waals surface area contributed by atoms with E-state index in [4.69, 9.17) is 5.11 Å². The largest absolute Gasteiger partial charge is 0.480 e. The summed E-state index contributed by atoms with van der Waals surface area (Å²) in [5.74, 6) is -0.376. The van der Waals surface area contributed by atoms with Gasteiger partial charge in [0.1, 0.15) is 5.54 Å². The number of carboxylic acid groups (broad SMARTS) is 1. The molecule has 0 fully saturated rings. The lowest BCUT2D eigenvalue weighted by atomic mass is 9.90. The molecule has 0 aromatic heterocycles. The fourth-order valence-electron chi connectivity index (χ4n) is 1.67. The molecule has 2 N–H and O–H groups in total. The van der Waals surface area contributed by atoms with Crippen LogP contribution in [0.5, 0.6) is 0 Å². The fraction of sp³-hybridized carbons (Fsp3) is 0.909. The molecule has 0 amide bonds. The monoisotopic (exact) mass is 201 g/mol. The molecule has 0 aliphatic heterocycles. The van der Waals surface area contributed by atoms with Crippen molar-refractivity contribution < 1.29 is 9.90 Å². The molecule has 3 nitrogen and oxygen atoms in total. The van der Waals surface area contributed by atoms with Crippen LogP contribution < -0.4 is 5.32 Å². The van der Waals surface area contributed by atoms with Crippen molar-refractivity contribution in [3.05, 3.63) is 0 Å². The average molecular weight is 201 g/mol. The maximum absolute atomic E-state index is 11.1. The van der Waals surface area contributed by atoms with Gasteiger partial charge in [-0.3, -0.25) is 10.1 Å². The van der Waals surface area contributed by atoms with E-state index in [1.807, 2.05) is 20.8 Å². The molecule has 0 aromatic rings. The summed E-state index contributed by atoms with van der Waals surface area (Å²) in [5, 5.41) is 12.3. The van der Waals surface area contributed by atoms with Crippen LogP contribution in [-0.2, 0) is 4.79 Å². The highest BCUT2D eigenvalue weighted by Gasteiger charge is 2.34. The third kappa shape index (κ3) is 4.09. The Morgan fingerprint density at radius 2 is 1.93 bits per heavy atom. The van der Waals surface area contributed by atoms with Crippen LogP contribution in [0.15, 0.2) is 0 Å². The van der Waals surface area contributed by atoms with Crippen molar-refractivity contribution in [2.45, 2.75) is 59.0 Å². The molecule has 2 atom stereocenters. The van der Waals surface area contributed by atoms with Gasteiger partial charge in [0.05, 0.1) is 0 Å². The smallest absolute Gasteiger partial charge is 0.323 e. The molecule has 0 saturated carbocycles. The van der Waals surface area contributed by atoms with Crippen LogP contribution in [0.4, 0.5) is 0 Å². The van der Waals surface area contributed by atoms with E-state index >= 15 is 0 Å². The van der Waals surface area contributed by atoms with Gasteiger partial charge in [0.2, 0.25) is 0 Å². The van der Waals surface area contributed by atoms with Crippen molar-refractivity contribution in [2.24, 2.45) is 5.92 Å². The van der Waals surface area contributed by atoms with Crippen LogP contribution in [-0.4, -0.2) is 22.7 Å². The van der Waals surface area contributed by atoms with Gasteiger partial charge < -0.3 is 5.11 Å². The van der Waals surface area contributed by atoms with E-state index in [-0.39, 0.29) is 6.04 Å². The first-order valence-corrected chi connectivity index (χ1v) is 5.33. The van der Waals surface area contributed by atoms with E-state index in [9.17, 15) is 4.79 Å². The number of aliphatic carboxylic acids is 1. The van der Waals surface area contributed by atoms with Crippen molar-refractivity contribution in [1.82, 2.24) is 5.32 Å². The van der Waals surface area contributed by atoms with Gasteiger partial charge in [-0.2, -0.15) is 0 Å². The second-order valence-corrected chi connectivity index (χ2v) is 4.69. The molecule has 0 spiro atoms. The van der Waals surface area contributed by atoms with E-state index in [1.165, 1.54) is 0 Å². The summed E-state index contributed by atoms with van der Waals surface area (Å²) in [6.07, 6.45) is 1.60. The van der Waals surface area contributed by atoms with Crippen molar-refractivity contribution in [2.75, 3.05) is 0 Å². The van der Waals surface area contributed by atoms with E-state index in [0.717, 1.165) is 6.42 Å². The number of rotatable bonds is 6. The molecule has 3 heteroatoms. The lowest BCUT2D eigenvalue weighted by Crippen LogP contribution is -2.53. The van der Waals surface area contributed by atoms with Crippen molar-refractivity contribution in [1.29, 1.82) is 0 Å². The molecular weight excluding hydrogens is 178 g/mol. The predicted octanol–water partition coefficient (Wildman–Crippen LogP) is 2.26. The first-order valence-electron chi connectivity index (χ1n) is 5.33. The zero-order valence-electron chi connectivity index (χ0n) is 9.92. The average Bonchev–Trinajstić information content (AvgIpc) is 2.02. The summed E-state index contributed by atoms with van der Waals surface area (Å²) in [5.41, 5.74) is -0.788. The van der Waals surface area contributed by atoms with Crippen molar-refractivity contribution >= 4 is 5.97 Å². The van der Waals surface area contributed by atoms with E-state index < -0.39 is 11.5 Å². The van der Waals surface area contributed by atoms with Crippen molar-refractivity contribution in [3.63, 3.8) is 0 Å². The molecule has 0 rings (SSSR count). The van der Waals surface area contributed by atoms with Gasteiger partial charge in [-0.05, 0) is 32.6 Å². The Morgan fingerprint density at radius 1 is 1.43 bits per heavy atom. The second-order valence-electron chi connectivity index (χ2n) is 4.69. The fourth-order valence-corrected chi connectivity index (χ4v) is 1.67. The first kappa shape index (κ1) is 13.4. The highest BCUT2D eigenvalue weighted by molar-refractivity contribution is 5.78. The van der Waals surface area contributed by atoms with Gasteiger partial charge >= 0.3 is 5.97 Å². The maximum atomic E-state index is 11.1. The van der Waals surface area contributed by atoms with Crippen LogP contribution in [0.3, 0.4) is 0 Å². The van der Waals surface area contributed by atoms with Gasteiger partial charge in [0.25, 0.3) is 0 Å². The SMILES string of the molecule is CCC(C)NC(C)(CC(C)C)C(=O)O. The molecule has 0 bridgehead atoms. The minimum atomic E-state index is -0.788. The third-order valence-corrected chi connectivity index (χ3v) is 2.47. The van der Waals surface area contributed by atoms with E-state index in [2.05, 4.69) is 12.2 Å². The maximum Gasteiger partial charge on any atom is 0.323 e. The lowest BCUT2D eigenvalue weighted by Gasteiger charge is -2.31. The van der Waals surface area contributed by atoms with Crippen LogP contribution in [0.1, 0.15) is 47.5 Å². The first-order chi connectivity index (χ1) is 6.31. The van der Waals surface area contributed by atoms with Gasteiger partial charge in [-0.1, -0.05) is 20.8 Å². The zero-order valence-corrected chi connectivity index (χ0v) is 9.92. The van der Waals surface area contributed by atoms with Gasteiger partial charge in [-0.15, -0.1) is 0 Å². The standard InChI is InChI=1S/C11H23NO2/c1-6-9(4)12-11(5,10(13)14)7-8(2)3/h8-9,12H,6-7H2,1-5H3,(H,13,14). The van der Waals surface area contributed by atoms with Gasteiger partial charge in [-0.25, -0.2) is 0 Å². The molecule has 0 aliphatic carbocycles. The molecule has 0 saturated heterocycles. The quantitative estimate of drug-likeness (QED) is 0.693. The minimum Gasteiger partial charge on any atom is -0.480 e. The molecule has 14 heavy (non-hydrogen) atoms. The highest BCUT2D eigenvalue weighted by atomic mass is 16.4. The summed E-state index contributed by atoms with van der Waals surface area (Å²) < 4.78 is 0. The van der Waals surface area contributed by atoms with Gasteiger partial charge in [0, 0.05) is 6.04 Å². The number of hydrogen-bond acceptors (Lipinski definition) is 2. The number of nitrogens with one attached hydrogen (secondary N) is 1. The molecule has 84 valence electrons. The van der Waals surface area contributed by atoms with E-state index in [1.54, 1.807) is 6.92 Å². The Labute approximate surface area is 86.9 Å². The number of carbonyl (C=O) groups is 1. The molecular formula is C11H23NO2. The summed E-state index contributed by atoms with van der Waals surface area (Å²) in [6.45, 7) is 9.91. The topological polar surface area (TPSA) is 49.3 Å². The summed E-state index contributed by atoms with van der Waals surface area (Å²) in [6, 6.07) is 0.245. The molecule has 0 aromatic carbocycles. The highest BCUT2D eigenvalue weighted by Crippen LogP contribution is 2.18. The van der Waals surface area contributed by atoms with Crippen LogP contribution in [0.2, 0.25) is 0 Å². The zero-order chi connectivity index (χ0) is 11.4. The summed E-state index contributed by atoms with van der Waals surface area (Å²) in [4.78, 5) is 11.1. The van der Waals surface area contributed by atoms with Crippen LogP contribution in [0, 0.1) is 5.92 Å². The molecule has 2 unspecified atom stereocenters. The molecule has 0 heterocycles. The second kappa shape index (κ2) is 5.35. The normalized spacial score (nSPS) is 17.9.